The smallest absolute Gasteiger partial charge is 0.130 e. The van der Waals surface area contributed by atoms with E-state index in [1.807, 2.05) is 24.5 Å². The summed E-state index contributed by atoms with van der Waals surface area (Å²) in [6.07, 6.45) is 6.76. The van der Waals surface area contributed by atoms with E-state index in [0.717, 1.165) is 55.8 Å². The maximum absolute atomic E-state index is 13.9. The van der Waals surface area contributed by atoms with E-state index in [9.17, 15) is 4.39 Å². The molecule has 2 aromatic rings. The Kier molecular flexibility index (Phi) is 7.05. The van der Waals surface area contributed by atoms with E-state index < -0.39 is 0 Å². The average Bonchev–Trinajstić information content (AvgIpc) is 2.68. The van der Waals surface area contributed by atoms with Gasteiger partial charge in [0.15, 0.2) is 0 Å². The quantitative estimate of drug-likeness (QED) is 0.786. The molecule has 1 saturated heterocycles. The van der Waals surface area contributed by atoms with Gasteiger partial charge in [0.05, 0.1) is 6.61 Å². The van der Waals surface area contributed by atoms with Crippen LogP contribution in [-0.2, 0) is 24.2 Å². The Morgan fingerprint density at radius 3 is 2.85 bits per heavy atom. The molecule has 0 spiro atoms. The molecule has 1 aromatic heterocycles. The first-order valence-corrected chi connectivity index (χ1v) is 9.22. The van der Waals surface area contributed by atoms with Crippen LogP contribution in [0.25, 0.3) is 0 Å². The molecule has 1 aliphatic rings. The number of nitrogens with zero attached hydrogens (tertiary/aromatic N) is 3. The second-order valence-corrected chi connectivity index (χ2v) is 6.80. The molecule has 1 atom stereocenters. The Bertz CT molecular complexity index is 680. The molecule has 3 rings (SSSR count). The predicted molar refractivity (Wildman–Crippen MR) is 99.2 cm³/mol. The molecular weight excluding hydrogens is 331 g/mol. The van der Waals surface area contributed by atoms with Crippen LogP contribution in [0.1, 0.15) is 29.8 Å². The molecule has 0 bridgehead atoms. The van der Waals surface area contributed by atoms with Gasteiger partial charge in [-0.3, -0.25) is 4.90 Å². The van der Waals surface area contributed by atoms with Gasteiger partial charge in [0.2, 0.25) is 0 Å². The van der Waals surface area contributed by atoms with Crippen LogP contribution in [-0.4, -0.2) is 47.7 Å². The molecule has 1 fully saturated rings. The van der Waals surface area contributed by atoms with Crippen LogP contribution in [0.4, 0.5) is 4.39 Å². The lowest BCUT2D eigenvalue weighted by Crippen LogP contribution is -2.45. The number of hydrogen-bond donors (Lipinski definition) is 1. The largest absolute Gasteiger partial charge is 0.384 e. The lowest BCUT2D eigenvalue weighted by atomic mass is 10.0. The Morgan fingerprint density at radius 2 is 2.08 bits per heavy atom. The SMILES string of the molecule is COCCc1ncc(CNC2CCCN(Cc3ccccc3F)C2)cn1. The highest BCUT2D eigenvalue weighted by Crippen LogP contribution is 2.16. The van der Waals surface area contributed by atoms with Gasteiger partial charge in [-0.05, 0) is 25.5 Å². The van der Waals surface area contributed by atoms with Gasteiger partial charge < -0.3 is 10.1 Å². The van der Waals surface area contributed by atoms with E-state index in [2.05, 4.69) is 20.2 Å². The average molecular weight is 358 g/mol. The lowest BCUT2D eigenvalue weighted by molar-refractivity contribution is 0.181. The van der Waals surface area contributed by atoms with Gasteiger partial charge in [-0.15, -0.1) is 0 Å². The van der Waals surface area contributed by atoms with Crippen molar-refractivity contribution in [2.24, 2.45) is 0 Å². The number of rotatable bonds is 8. The van der Waals surface area contributed by atoms with E-state index in [1.165, 1.54) is 6.07 Å². The predicted octanol–water partition coefficient (Wildman–Crippen LogP) is 2.56. The third kappa shape index (κ3) is 5.56. The molecular formula is C20H27FN4O. The summed E-state index contributed by atoms with van der Waals surface area (Å²) in [7, 11) is 1.68. The number of halogens is 1. The minimum Gasteiger partial charge on any atom is -0.384 e. The van der Waals surface area contributed by atoms with Crippen molar-refractivity contribution in [1.29, 1.82) is 0 Å². The van der Waals surface area contributed by atoms with Crippen LogP contribution in [0.15, 0.2) is 36.7 Å². The van der Waals surface area contributed by atoms with Crippen molar-refractivity contribution in [3.05, 3.63) is 59.4 Å². The fourth-order valence-electron chi connectivity index (χ4n) is 3.29. The van der Waals surface area contributed by atoms with Gasteiger partial charge in [-0.25, -0.2) is 14.4 Å². The Balaban J connectivity index is 1.47. The van der Waals surface area contributed by atoms with Crippen LogP contribution in [0.3, 0.4) is 0 Å². The fourth-order valence-corrected chi connectivity index (χ4v) is 3.29. The summed E-state index contributed by atoms with van der Waals surface area (Å²) < 4.78 is 18.9. The molecule has 5 nitrogen and oxygen atoms in total. The molecule has 1 N–H and O–H groups in total. The van der Waals surface area contributed by atoms with Crippen LogP contribution >= 0.6 is 0 Å². The molecule has 1 aliphatic heterocycles. The number of nitrogens with one attached hydrogen (secondary N) is 1. The van der Waals surface area contributed by atoms with E-state index in [0.29, 0.717) is 19.2 Å². The van der Waals surface area contributed by atoms with Gasteiger partial charge in [0, 0.05) is 62.7 Å². The molecule has 0 amide bonds. The van der Waals surface area contributed by atoms with Crippen molar-refractivity contribution >= 4 is 0 Å². The summed E-state index contributed by atoms with van der Waals surface area (Å²) in [4.78, 5) is 11.1. The summed E-state index contributed by atoms with van der Waals surface area (Å²) in [5.41, 5.74) is 1.85. The number of likely N-dealkylation sites (tertiary alicyclic amines) is 1. The van der Waals surface area contributed by atoms with Crippen LogP contribution < -0.4 is 5.32 Å². The van der Waals surface area contributed by atoms with Gasteiger partial charge in [-0.1, -0.05) is 18.2 Å². The summed E-state index contributed by atoms with van der Waals surface area (Å²) in [5.74, 6) is 0.692. The Labute approximate surface area is 154 Å². The minimum atomic E-state index is -0.117. The van der Waals surface area contributed by atoms with E-state index in [4.69, 9.17) is 4.74 Å². The molecule has 0 saturated carbocycles. The minimum absolute atomic E-state index is 0.117. The highest BCUT2D eigenvalue weighted by molar-refractivity contribution is 5.17. The standard InChI is InChI=1S/C20H27FN4O/c1-26-10-8-20-23-12-16(13-24-20)11-22-18-6-4-9-25(15-18)14-17-5-2-3-7-19(17)21/h2-3,5,7,12-13,18,22H,4,6,8-11,14-15H2,1H3. The zero-order chi connectivity index (χ0) is 18.2. The fraction of sp³-hybridized carbons (Fsp3) is 0.500. The van der Waals surface area contributed by atoms with Gasteiger partial charge in [0.25, 0.3) is 0 Å². The van der Waals surface area contributed by atoms with E-state index in [1.54, 1.807) is 13.2 Å². The van der Waals surface area contributed by atoms with Crippen molar-refractivity contribution < 1.29 is 9.13 Å². The molecule has 1 unspecified atom stereocenters. The second kappa shape index (κ2) is 9.71. The summed E-state index contributed by atoms with van der Waals surface area (Å²) in [6, 6.07) is 7.44. The topological polar surface area (TPSA) is 50.3 Å². The van der Waals surface area contributed by atoms with Crippen molar-refractivity contribution in [1.82, 2.24) is 20.2 Å². The highest BCUT2D eigenvalue weighted by atomic mass is 19.1. The molecule has 2 heterocycles. The second-order valence-electron chi connectivity index (χ2n) is 6.80. The number of ether oxygens (including phenoxy) is 1. The van der Waals surface area contributed by atoms with Crippen molar-refractivity contribution in [3.8, 4) is 0 Å². The number of methoxy groups -OCH3 is 1. The lowest BCUT2D eigenvalue weighted by Gasteiger charge is -2.33. The van der Waals surface area contributed by atoms with Gasteiger partial charge in [0.1, 0.15) is 11.6 Å². The normalized spacial score (nSPS) is 18.2. The number of aromatic nitrogens is 2. The Hall–Kier alpha value is -1.89. The van der Waals surface area contributed by atoms with Crippen molar-refractivity contribution in [3.63, 3.8) is 0 Å². The van der Waals surface area contributed by atoms with E-state index >= 15 is 0 Å². The molecule has 140 valence electrons. The Morgan fingerprint density at radius 1 is 1.27 bits per heavy atom. The zero-order valence-corrected chi connectivity index (χ0v) is 15.3. The highest BCUT2D eigenvalue weighted by Gasteiger charge is 2.20. The summed E-state index contributed by atoms with van der Waals surface area (Å²) in [5, 5.41) is 3.59. The first kappa shape index (κ1) is 18.9. The maximum Gasteiger partial charge on any atom is 0.130 e. The van der Waals surface area contributed by atoms with Crippen LogP contribution in [0.5, 0.6) is 0 Å². The molecule has 0 aliphatic carbocycles. The molecule has 1 aromatic carbocycles. The molecule has 26 heavy (non-hydrogen) atoms. The third-order valence-electron chi connectivity index (χ3n) is 4.74. The summed E-state index contributed by atoms with van der Waals surface area (Å²) >= 11 is 0. The molecule has 6 heteroatoms. The third-order valence-corrected chi connectivity index (χ3v) is 4.74. The van der Waals surface area contributed by atoms with Gasteiger partial charge >= 0.3 is 0 Å². The van der Waals surface area contributed by atoms with Gasteiger partial charge in [-0.2, -0.15) is 0 Å². The zero-order valence-electron chi connectivity index (χ0n) is 15.3. The first-order valence-electron chi connectivity index (χ1n) is 9.22. The number of hydrogen-bond acceptors (Lipinski definition) is 5. The summed E-state index contributed by atoms with van der Waals surface area (Å²) in [6.45, 7) is 4.01. The van der Waals surface area contributed by atoms with E-state index in [-0.39, 0.29) is 5.82 Å². The van der Waals surface area contributed by atoms with Crippen molar-refractivity contribution in [2.45, 2.75) is 38.4 Å². The first-order chi connectivity index (χ1) is 12.7. The van der Waals surface area contributed by atoms with Crippen molar-refractivity contribution in [2.75, 3.05) is 26.8 Å². The number of benzene rings is 1. The van der Waals surface area contributed by atoms with Crippen LogP contribution in [0.2, 0.25) is 0 Å². The molecule has 0 radical (unpaired) electrons. The maximum atomic E-state index is 13.9. The van der Waals surface area contributed by atoms with Crippen LogP contribution in [0, 0.1) is 5.82 Å². The number of piperidine rings is 1. The monoisotopic (exact) mass is 358 g/mol.